The number of amides is 1. The lowest BCUT2D eigenvalue weighted by atomic mass is 9.94. The highest BCUT2D eigenvalue weighted by molar-refractivity contribution is 6.33. The molecule has 0 radical (unpaired) electrons. The van der Waals surface area contributed by atoms with E-state index in [4.69, 9.17) is 16.9 Å². The predicted molar refractivity (Wildman–Crippen MR) is 90.8 cm³/mol. The van der Waals surface area contributed by atoms with E-state index in [9.17, 15) is 14.7 Å². The number of ketones is 1. The molecule has 0 saturated carbocycles. The van der Waals surface area contributed by atoms with Gasteiger partial charge in [-0.3, -0.25) is 9.59 Å². The SMILES string of the molecule is CC(=O)C(Cc1ccc(C#N)cc1)C(=O)Nc1cc(O)ccc1Cl. The molecule has 122 valence electrons. The second-order valence-corrected chi connectivity index (χ2v) is 5.74. The number of benzene rings is 2. The molecule has 2 N–H and O–H groups in total. The minimum Gasteiger partial charge on any atom is -0.508 e. The fourth-order valence-corrected chi connectivity index (χ4v) is 2.37. The molecule has 0 bridgehead atoms. The van der Waals surface area contributed by atoms with Gasteiger partial charge in [0.2, 0.25) is 5.91 Å². The number of rotatable bonds is 5. The van der Waals surface area contributed by atoms with E-state index in [-0.39, 0.29) is 28.7 Å². The Hall–Kier alpha value is -2.84. The number of halogens is 1. The Morgan fingerprint density at radius 1 is 1.25 bits per heavy atom. The van der Waals surface area contributed by atoms with Crippen molar-refractivity contribution < 1.29 is 14.7 Å². The number of hydrogen-bond acceptors (Lipinski definition) is 4. The summed E-state index contributed by atoms with van der Waals surface area (Å²) < 4.78 is 0. The highest BCUT2D eigenvalue weighted by atomic mass is 35.5. The molecular formula is C18H15ClN2O3. The Labute approximate surface area is 144 Å². The van der Waals surface area contributed by atoms with Crippen LogP contribution in [0, 0.1) is 17.2 Å². The number of hydrogen-bond donors (Lipinski definition) is 2. The van der Waals surface area contributed by atoms with Gasteiger partial charge in [-0.05, 0) is 43.2 Å². The van der Waals surface area contributed by atoms with E-state index in [1.807, 2.05) is 6.07 Å². The van der Waals surface area contributed by atoms with E-state index in [0.29, 0.717) is 5.56 Å². The normalized spacial score (nSPS) is 11.4. The first-order chi connectivity index (χ1) is 11.4. The van der Waals surface area contributed by atoms with Gasteiger partial charge in [0, 0.05) is 6.07 Å². The van der Waals surface area contributed by atoms with Gasteiger partial charge in [0.15, 0.2) is 0 Å². The average molecular weight is 343 g/mol. The van der Waals surface area contributed by atoms with Crippen molar-refractivity contribution in [3.8, 4) is 11.8 Å². The Kier molecular flexibility index (Phi) is 5.56. The number of nitriles is 1. The van der Waals surface area contributed by atoms with Crippen LogP contribution in [0.5, 0.6) is 5.75 Å². The summed E-state index contributed by atoms with van der Waals surface area (Å²) >= 11 is 5.98. The van der Waals surface area contributed by atoms with Crippen LogP contribution in [-0.2, 0) is 16.0 Å². The number of phenolic OH excluding ortho intramolecular Hbond substituents is 1. The maximum Gasteiger partial charge on any atom is 0.235 e. The summed E-state index contributed by atoms with van der Waals surface area (Å²) in [4.78, 5) is 24.3. The van der Waals surface area contributed by atoms with Gasteiger partial charge in [0.05, 0.1) is 22.3 Å². The lowest BCUT2D eigenvalue weighted by molar-refractivity contribution is -0.129. The summed E-state index contributed by atoms with van der Waals surface area (Å²) in [6.07, 6.45) is 0.212. The second kappa shape index (κ2) is 7.62. The van der Waals surface area contributed by atoms with Crippen LogP contribution in [-0.4, -0.2) is 16.8 Å². The Bertz CT molecular complexity index is 810. The van der Waals surface area contributed by atoms with Crippen molar-refractivity contribution in [2.45, 2.75) is 13.3 Å². The third-order valence-electron chi connectivity index (χ3n) is 3.54. The van der Waals surface area contributed by atoms with Gasteiger partial charge in [-0.15, -0.1) is 0 Å². The quantitative estimate of drug-likeness (QED) is 0.816. The molecule has 2 aromatic carbocycles. The summed E-state index contributed by atoms with van der Waals surface area (Å²) in [5.74, 6) is -1.72. The molecule has 1 unspecified atom stereocenters. The van der Waals surface area contributed by atoms with Crippen molar-refractivity contribution in [2.24, 2.45) is 5.92 Å². The molecule has 2 rings (SSSR count). The Balaban J connectivity index is 2.17. The number of phenols is 1. The molecule has 0 aliphatic rings. The monoisotopic (exact) mass is 342 g/mol. The van der Waals surface area contributed by atoms with E-state index >= 15 is 0 Å². The van der Waals surface area contributed by atoms with E-state index in [2.05, 4.69) is 5.32 Å². The largest absolute Gasteiger partial charge is 0.508 e. The maximum absolute atomic E-state index is 12.4. The van der Waals surface area contributed by atoms with Gasteiger partial charge in [-0.1, -0.05) is 23.7 Å². The Morgan fingerprint density at radius 2 is 1.92 bits per heavy atom. The number of Topliss-reactive ketones (excluding diaryl/α,β-unsaturated/α-hetero) is 1. The molecule has 0 fully saturated rings. The van der Waals surface area contributed by atoms with Crippen molar-refractivity contribution in [1.82, 2.24) is 0 Å². The molecule has 6 heteroatoms. The third-order valence-corrected chi connectivity index (χ3v) is 3.87. The van der Waals surface area contributed by atoms with Crippen LogP contribution in [0.15, 0.2) is 42.5 Å². The standard InChI is InChI=1S/C18H15ClN2O3/c1-11(22)15(8-12-2-4-13(10-20)5-3-12)18(24)21-17-9-14(23)6-7-16(17)19/h2-7,9,15,23H,8H2,1H3,(H,21,24). The molecule has 24 heavy (non-hydrogen) atoms. The van der Waals surface area contributed by atoms with E-state index in [1.54, 1.807) is 24.3 Å². The first kappa shape index (κ1) is 17.5. The predicted octanol–water partition coefficient (Wildman–Crippen LogP) is 3.30. The zero-order valence-corrected chi connectivity index (χ0v) is 13.7. The minimum atomic E-state index is -0.892. The molecule has 0 aliphatic heterocycles. The van der Waals surface area contributed by atoms with Gasteiger partial charge >= 0.3 is 0 Å². The van der Waals surface area contributed by atoms with E-state index in [1.165, 1.54) is 25.1 Å². The molecule has 1 amide bonds. The minimum absolute atomic E-state index is 0.0406. The second-order valence-electron chi connectivity index (χ2n) is 5.33. The van der Waals surface area contributed by atoms with Crippen molar-refractivity contribution in [3.63, 3.8) is 0 Å². The van der Waals surface area contributed by atoms with Crippen molar-refractivity contribution in [2.75, 3.05) is 5.32 Å². The van der Waals surface area contributed by atoms with Crippen molar-refractivity contribution >= 4 is 29.0 Å². The van der Waals surface area contributed by atoms with Crippen LogP contribution < -0.4 is 5.32 Å². The third kappa shape index (κ3) is 4.34. The molecule has 5 nitrogen and oxygen atoms in total. The lowest BCUT2D eigenvalue weighted by Crippen LogP contribution is -2.30. The van der Waals surface area contributed by atoms with E-state index in [0.717, 1.165) is 5.56 Å². The summed E-state index contributed by atoms with van der Waals surface area (Å²) in [6.45, 7) is 1.35. The number of nitrogens with zero attached hydrogens (tertiary/aromatic N) is 1. The summed E-state index contributed by atoms with van der Waals surface area (Å²) in [5.41, 5.74) is 1.52. The highest BCUT2D eigenvalue weighted by Crippen LogP contribution is 2.27. The van der Waals surface area contributed by atoms with E-state index < -0.39 is 11.8 Å². The van der Waals surface area contributed by atoms with Gasteiger partial charge in [-0.2, -0.15) is 5.26 Å². The van der Waals surface area contributed by atoms with Gasteiger partial charge in [0.1, 0.15) is 17.5 Å². The average Bonchev–Trinajstić information content (AvgIpc) is 2.56. The summed E-state index contributed by atoms with van der Waals surface area (Å²) in [5, 5.41) is 21.1. The fraction of sp³-hybridized carbons (Fsp3) is 0.167. The molecule has 0 spiro atoms. The molecule has 1 atom stereocenters. The van der Waals surface area contributed by atoms with Crippen LogP contribution in [0.25, 0.3) is 0 Å². The molecule has 0 saturated heterocycles. The van der Waals surface area contributed by atoms with Crippen LogP contribution in [0.1, 0.15) is 18.1 Å². The number of carbonyl (C=O) groups excluding carboxylic acids is 2. The highest BCUT2D eigenvalue weighted by Gasteiger charge is 2.24. The number of nitrogens with one attached hydrogen (secondary N) is 1. The van der Waals surface area contributed by atoms with Gasteiger partial charge in [-0.25, -0.2) is 0 Å². The summed E-state index contributed by atoms with van der Waals surface area (Å²) in [7, 11) is 0. The molecule has 0 heterocycles. The van der Waals surface area contributed by atoms with Crippen LogP contribution in [0.2, 0.25) is 5.02 Å². The van der Waals surface area contributed by atoms with Gasteiger partial charge in [0.25, 0.3) is 0 Å². The first-order valence-electron chi connectivity index (χ1n) is 7.19. The summed E-state index contributed by atoms with van der Waals surface area (Å²) in [6, 6.07) is 12.9. The maximum atomic E-state index is 12.4. The first-order valence-corrected chi connectivity index (χ1v) is 7.57. The number of anilines is 1. The topological polar surface area (TPSA) is 90.2 Å². The molecular weight excluding hydrogens is 328 g/mol. The molecule has 0 aliphatic carbocycles. The molecule has 0 aromatic heterocycles. The van der Waals surface area contributed by atoms with Crippen LogP contribution in [0.3, 0.4) is 0 Å². The zero-order chi connectivity index (χ0) is 17.7. The number of aromatic hydroxyl groups is 1. The molecule has 2 aromatic rings. The van der Waals surface area contributed by atoms with Gasteiger partial charge < -0.3 is 10.4 Å². The number of carbonyl (C=O) groups is 2. The van der Waals surface area contributed by atoms with Crippen LogP contribution in [0.4, 0.5) is 5.69 Å². The fourth-order valence-electron chi connectivity index (χ4n) is 2.20. The Morgan fingerprint density at radius 3 is 2.50 bits per heavy atom. The lowest BCUT2D eigenvalue weighted by Gasteiger charge is -2.15. The smallest absolute Gasteiger partial charge is 0.235 e. The van der Waals surface area contributed by atoms with Crippen molar-refractivity contribution in [3.05, 3.63) is 58.6 Å². The van der Waals surface area contributed by atoms with Crippen molar-refractivity contribution in [1.29, 1.82) is 5.26 Å². The van der Waals surface area contributed by atoms with Crippen LogP contribution >= 0.6 is 11.6 Å². The zero-order valence-electron chi connectivity index (χ0n) is 12.9.